The number of hydrogen-bond acceptors (Lipinski definition) is 12. The van der Waals surface area contributed by atoms with E-state index >= 15 is 0 Å². The van der Waals surface area contributed by atoms with Crippen molar-refractivity contribution < 1.29 is 38.2 Å². The molecule has 2 fully saturated rings. The lowest BCUT2D eigenvalue weighted by Gasteiger charge is -2.38. The Kier molecular flexibility index (Phi) is 12.4. The van der Waals surface area contributed by atoms with E-state index in [2.05, 4.69) is 15.5 Å². The van der Waals surface area contributed by atoms with Gasteiger partial charge in [0.2, 0.25) is 11.8 Å². The van der Waals surface area contributed by atoms with Crippen LogP contribution >= 0.6 is 11.8 Å². The van der Waals surface area contributed by atoms with E-state index in [9.17, 15) is 24.0 Å². The van der Waals surface area contributed by atoms with E-state index in [0.29, 0.717) is 71.4 Å². The number of imide groups is 2. The predicted octanol–water partition coefficient (Wildman–Crippen LogP) is 4.74. The van der Waals surface area contributed by atoms with Crippen molar-refractivity contribution in [1.29, 1.82) is 0 Å². The molecule has 1 aromatic heterocycles. The highest BCUT2D eigenvalue weighted by Crippen LogP contribution is 2.40. The number of ether oxygens (including phenoxy) is 3. The molecule has 5 heterocycles. The van der Waals surface area contributed by atoms with E-state index < -0.39 is 35.6 Å². The predicted molar refractivity (Wildman–Crippen MR) is 219 cm³/mol. The van der Waals surface area contributed by atoms with Crippen molar-refractivity contribution in [2.75, 3.05) is 63.7 Å². The van der Waals surface area contributed by atoms with Gasteiger partial charge in [0.05, 0.1) is 43.6 Å². The Morgan fingerprint density at radius 3 is 2.32 bits per heavy atom. The summed E-state index contributed by atoms with van der Waals surface area (Å²) in [5.41, 5.74) is 8.29. The van der Waals surface area contributed by atoms with E-state index in [1.54, 1.807) is 18.2 Å². The first-order valence-electron chi connectivity index (χ1n) is 20.1. The fourth-order valence-electron chi connectivity index (χ4n) is 8.37. The Morgan fingerprint density at radius 2 is 1.58 bits per heavy atom. The van der Waals surface area contributed by atoms with Crippen LogP contribution in [0, 0.1) is 5.92 Å². The minimum Gasteiger partial charge on any atom is -0.457 e. The Hall–Kier alpha value is -5.55. The van der Waals surface area contributed by atoms with Gasteiger partial charge < -0.3 is 30.2 Å². The molecule has 8 rings (SSSR count). The van der Waals surface area contributed by atoms with Crippen molar-refractivity contribution in [2.45, 2.75) is 49.1 Å². The Bertz CT molecular complexity index is 2210. The molecule has 308 valence electrons. The molecule has 0 aliphatic carbocycles. The summed E-state index contributed by atoms with van der Waals surface area (Å²) in [6.07, 6.45) is 3.13. The van der Waals surface area contributed by atoms with E-state index in [-0.39, 0.29) is 24.4 Å². The number of carbonyl (C=O) groups excluding carboxylic acids is 5. The Morgan fingerprint density at radius 1 is 0.831 bits per heavy atom. The maximum Gasteiger partial charge on any atom is 0.263 e. The zero-order chi connectivity index (χ0) is 40.9. The first-order valence-corrected chi connectivity index (χ1v) is 21.1. The number of nitrogens with zero attached hydrogens (tertiary/aromatic N) is 4. The summed E-state index contributed by atoms with van der Waals surface area (Å²) >= 11 is 1.42. The molecule has 5 amide bonds. The third-order valence-corrected chi connectivity index (χ3v) is 12.3. The van der Waals surface area contributed by atoms with Crippen LogP contribution in [0.3, 0.4) is 0 Å². The summed E-state index contributed by atoms with van der Waals surface area (Å²) < 4.78 is 19.6. The Balaban J connectivity index is 0.754. The molecular formula is C43H47N7O8S. The SMILES string of the molecule is NC(=O)c1c(-c2ccc(Oc3ccccc3)cc2)nn2c1NCCC2C1CCN(CCOCCOCCSc2cccc3c2C(=O)N(C2CCC(=O)NC2=O)C3=O)CC1. The van der Waals surface area contributed by atoms with Gasteiger partial charge in [-0.05, 0) is 93.2 Å². The summed E-state index contributed by atoms with van der Waals surface area (Å²) in [5.74, 6) is 0.528. The van der Waals surface area contributed by atoms with Gasteiger partial charge >= 0.3 is 0 Å². The maximum atomic E-state index is 13.3. The van der Waals surface area contributed by atoms with Crippen LogP contribution in [0.2, 0.25) is 0 Å². The molecule has 0 spiro atoms. The molecule has 4 aromatic rings. The quantitative estimate of drug-likeness (QED) is 0.0802. The maximum absolute atomic E-state index is 13.3. The highest BCUT2D eigenvalue weighted by atomic mass is 32.2. The second kappa shape index (κ2) is 18.2. The fraction of sp³-hybridized carbons (Fsp3) is 0.395. The van der Waals surface area contributed by atoms with Crippen molar-refractivity contribution in [3.8, 4) is 22.8 Å². The molecule has 2 saturated heterocycles. The summed E-state index contributed by atoms with van der Waals surface area (Å²) in [5, 5.41) is 10.6. The number of piperidine rings is 2. The number of hydrogen-bond donors (Lipinski definition) is 3. The van der Waals surface area contributed by atoms with Crippen LogP contribution in [0.5, 0.6) is 11.5 Å². The molecular weight excluding hydrogens is 775 g/mol. The van der Waals surface area contributed by atoms with Crippen LogP contribution < -0.4 is 21.1 Å². The van der Waals surface area contributed by atoms with E-state index in [4.69, 9.17) is 25.0 Å². The molecule has 4 aliphatic rings. The molecule has 16 heteroatoms. The number of para-hydroxylation sites is 1. The first-order chi connectivity index (χ1) is 28.8. The van der Waals surface area contributed by atoms with Crippen LogP contribution in [-0.4, -0.2) is 114 Å². The van der Waals surface area contributed by atoms with E-state index in [1.165, 1.54) is 11.8 Å². The molecule has 4 N–H and O–H groups in total. The fourth-order valence-corrected chi connectivity index (χ4v) is 9.31. The summed E-state index contributed by atoms with van der Waals surface area (Å²) in [4.78, 5) is 67.2. The average molecular weight is 822 g/mol. The molecule has 3 aromatic carbocycles. The molecule has 4 aliphatic heterocycles. The number of carbonyl (C=O) groups is 5. The lowest BCUT2D eigenvalue weighted by molar-refractivity contribution is -0.136. The summed E-state index contributed by atoms with van der Waals surface area (Å²) in [6.45, 7) is 5.37. The van der Waals surface area contributed by atoms with Gasteiger partial charge in [0.15, 0.2) is 0 Å². The Labute approximate surface area is 345 Å². The van der Waals surface area contributed by atoms with Crippen LogP contribution in [0.4, 0.5) is 5.82 Å². The van der Waals surface area contributed by atoms with Crippen molar-refractivity contribution in [3.05, 3.63) is 89.5 Å². The average Bonchev–Trinajstić information content (AvgIpc) is 3.76. The van der Waals surface area contributed by atoms with Gasteiger partial charge in [-0.3, -0.25) is 34.2 Å². The lowest BCUT2D eigenvalue weighted by Crippen LogP contribution is -2.54. The third-order valence-electron chi connectivity index (χ3n) is 11.3. The van der Waals surface area contributed by atoms with Gasteiger partial charge in [0.25, 0.3) is 17.7 Å². The van der Waals surface area contributed by atoms with Gasteiger partial charge in [-0.15, -0.1) is 11.8 Å². The van der Waals surface area contributed by atoms with Gasteiger partial charge in [0.1, 0.15) is 34.6 Å². The number of anilines is 1. The van der Waals surface area contributed by atoms with E-state index in [1.807, 2.05) is 59.3 Å². The largest absolute Gasteiger partial charge is 0.457 e. The number of thioether (sulfide) groups is 1. The molecule has 2 unspecified atom stereocenters. The number of likely N-dealkylation sites (tertiary alicyclic amines) is 1. The highest BCUT2D eigenvalue weighted by molar-refractivity contribution is 7.99. The number of amides is 5. The molecule has 2 atom stereocenters. The normalized spacial score (nSPS) is 19.6. The number of aromatic nitrogens is 2. The minimum atomic E-state index is -0.995. The van der Waals surface area contributed by atoms with Crippen molar-refractivity contribution in [3.63, 3.8) is 0 Å². The molecule has 0 radical (unpaired) electrons. The summed E-state index contributed by atoms with van der Waals surface area (Å²) in [6, 6.07) is 21.4. The van der Waals surface area contributed by atoms with Gasteiger partial charge in [-0.2, -0.15) is 5.10 Å². The number of fused-ring (bicyclic) bond motifs is 2. The molecule has 15 nitrogen and oxygen atoms in total. The number of rotatable bonds is 16. The van der Waals surface area contributed by atoms with Crippen molar-refractivity contribution in [2.24, 2.45) is 11.7 Å². The smallest absolute Gasteiger partial charge is 0.263 e. The van der Waals surface area contributed by atoms with Crippen LogP contribution in [0.1, 0.15) is 69.2 Å². The summed E-state index contributed by atoms with van der Waals surface area (Å²) in [7, 11) is 0. The van der Waals surface area contributed by atoms with E-state index in [0.717, 1.165) is 61.7 Å². The standard InChI is InChI=1S/C43H47N7O8S/c44-39(52)37-38(28-9-11-30(12-10-28)58-29-5-2-1-3-6-29)47-50-32(15-18-45-40(37)50)27-16-19-48(20-17-27)21-22-56-23-24-57-25-26-59-34-8-4-7-31-36(34)43(55)49(42(31)54)33-13-14-35(51)46-41(33)53/h1-12,27,32-33,45H,13-26H2,(H2,44,52)(H,46,51,53). The molecule has 0 bridgehead atoms. The van der Waals surface area contributed by atoms with Gasteiger partial charge in [-0.25, -0.2) is 4.68 Å². The third kappa shape index (κ3) is 8.76. The van der Waals surface area contributed by atoms with Gasteiger partial charge in [0, 0.05) is 35.7 Å². The minimum absolute atomic E-state index is 0.0757. The topological polar surface area (TPSA) is 187 Å². The zero-order valence-electron chi connectivity index (χ0n) is 32.6. The first kappa shape index (κ1) is 40.2. The zero-order valence-corrected chi connectivity index (χ0v) is 33.4. The molecule has 0 saturated carbocycles. The van der Waals surface area contributed by atoms with Crippen molar-refractivity contribution >= 4 is 47.1 Å². The van der Waals surface area contributed by atoms with Crippen molar-refractivity contribution in [1.82, 2.24) is 24.9 Å². The second-order valence-corrected chi connectivity index (χ2v) is 16.1. The highest BCUT2D eigenvalue weighted by Gasteiger charge is 2.45. The lowest BCUT2D eigenvalue weighted by atomic mass is 9.87. The van der Waals surface area contributed by atoms with Crippen LogP contribution in [0.15, 0.2) is 77.7 Å². The number of nitrogens with one attached hydrogen (secondary N) is 2. The number of nitrogens with two attached hydrogens (primary N) is 1. The molecule has 59 heavy (non-hydrogen) atoms. The number of benzene rings is 3. The second-order valence-electron chi connectivity index (χ2n) is 15.0. The monoisotopic (exact) mass is 821 g/mol. The van der Waals surface area contributed by atoms with Gasteiger partial charge in [-0.1, -0.05) is 24.3 Å². The number of primary amides is 1. The van der Waals surface area contributed by atoms with Crippen LogP contribution in [0.25, 0.3) is 11.3 Å². The van der Waals surface area contributed by atoms with Crippen LogP contribution in [-0.2, 0) is 19.1 Å².